The lowest BCUT2D eigenvalue weighted by atomic mass is 9.93. The van der Waals surface area contributed by atoms with Gasteiger partial charge in [-0.05, 0) is 19.8 Å². The highest BCUT2D eigenvalue weighted by molar-refractivity contribution is 5.74. The molecule has 5 nitrogen and oxygen atoms in total. The van der Waals surface area contributed by atoms with E-state index in [0.717, 1.165) is 31.3 Å². The smallest absolute Gasteiger partial charge is 0.315 e. The Morgan fingerprint density at radius 1 is 1.44 bits per heavy atom. The van der Waals surface area contributed by atoms with Gasteiger partial charge in [-0.2, -0.15) is 0 Å². The van der Waals surface area contributed by atoms with Gasteiger partial charge in [0, 0.05) is 6.54 Å². The average molecular weight is 256 g/mol. The van der Waals surface area contributed by atoms with Crippen molar-refractivity contribution >= 4 is 6.03 Å². The molecule has 0 heterocycles. The summed E-state index contributed by atoms with van der Waals surface area (Å²) < 4.78 is 5.27. The van der Waals surface area contributed by atoms with Crippen LogP contribution in [-0.2, 0) is 4.74 Å². The van der Waals surface area contributed by atoms with Crippen molar-refractivity contribution in [3.8, 4) is 0 Å². The minimum Gasteiger partial charge on any atom is -0.391 e. The van der Waals surface area contributed by atoms with Crippen molar-refractivity contribution in [2.24, 2.45) is 0 Å². The van der Waals surface area contributed by atoms with Gasteiger partial charge in [-0.25, -0.2) is 4.79 Å². The number of rotatable bonds is 6. The molecular weight excluding hydrogens is 232 g/mol. The number of nitrogens with one attached hydrogen (secondary N) is 2. The van der Waals surface area contributed by atoms with Crippen LogP contribution in [0.1, 0.15) is 32.6 Å². The highest BCUT2D eigenvalue weighted by atomic mass is 16.5. The van der Waals surface area contributed by atoms with Crippen molar-refractivity contribution in [1.29, 1.82) is 0 Å². The van der Waals surface area contributed by atoms with Crippen LogP contribution >= 0.6 is 0 Å². The Kier molecular flexibility index (Phi) is 6.75. The Labute approximate surface area is 109 Å². The van der Waals surface area contributed by atoms with Gasteiger partial charge in [0.05, 0.1) is 25.4 Å². The Balaban J connectivity index is 2.07. The number of aliphatic hydroxyl groups excluding tert-OH is 1. The van der Waals surface area contributed by atoms with E-state index in [4.69, 9.17) is 4.74 Å². The molecule has 2 amide bonds. The molecule has 0 saturated heterocycles. The van der Waals surface area contributed by atoms with Crippen LogP contribution in [0.5, 0.6) is 0 Å². The topological polar surface area (TPSA) is 70.6 Å². The molecule has 1 aliphatic rings. The summed E-state index contributed by atoms with van der Waals surface area (Å²) in [6, 6.07) is -0.352. The standard InChI is InChI=1S/C13H24N2O3/c1-10(2)9-18-8-7-14-13(17)15-11-5-3-4-6-12(11)16/h11-12,16H,1,3-9H2,2H3,(H2,14,15,17). The van der Waals surface area contributed by atoms with E-state index < -0.39 is 6.10 Å². The predicted octanol–water partition coefficient (Wildman–Crippen LogP) is 1.18. The number of urea groups is 1. The zero-order valence-corrected chi connectivity index (χ0v) is 11.1. The lowest BCUT2D eigenvalue weighted by Crippen LogP contribution is -2.49. The van der Waals surface area contributed by atoms with Crippen molar-refractivity contribution in [2.75, 3.05) is 19.8 Å². The summed E-state index contributed by atoms with van der Waals surface area (Å²) in [5.41, 5.74) is 0.963. The first kappa shape index (κ1) is 15.0. The monoisotopic (exact) mass is 256 g/mol. The number of carbonyl (C=O) groups excluding carboxylic acids is 1. The molecule has 5 heteroatoms. The molecule has 104 valence electrons. The normalized spacial score (nSPS) is 23.4. The Bertz CT molecular complexity index is 281. The second-order valence-corrected chi connectivity index (χ2v) is 4.87. The summed E-state index contributed by atoms with van der Waals surface area (Å²) >= 11 is 0. The fourth-order valence-corrected chi connectivity index (χ4v) is 1.98. The number of hydrogen-bond acceptors (Lipinski definition) is 3. The molecule has 2 unspecified atom stereocenters. The van der Waals surface area contributed by atoms with Gasteiger partial charge in [0.15, 0.2) is 0 Å². The molecular formula is C13H24N2O3. The zero-order chi connectivity index (χ0) is 13.4. The number of amides is 2. The van der Waals surface area contributed by atoms with Crippen LogP contribution in [0.15, 0.2) is 12.2 Å². The third-order valence-corrected chi connectivity index (χ3v) is 2.93. The van der Waals surface area contributed by atoms with Gasteiger partial charge in [-0.3, -0.25) is 0 Å². The van der Waals surface area contributed by atoms with Gasteiger partial charge in [0.2, 0.25) is 0 Å². The largest absolute Gasteiger partial charge is 0.391 e. The van der Waals surface area contributed by atoms with E-state index in [1.165, 1.54) is 0 Å². The van der Waals surface area contributed by atoms with E-state index in [1.807, 2.05) is 6.92 Å². The van der Waals surface area contributed by atoms with Gasteiger partial charge < -0.3 is 20.5 Å². The molecule has 1 rings (SSSR count). The number of hydrogen-bond donors (Lipinski definition) is 3. The number of carbonyl (C=O) groups is 1. The van der Waals surface area contributed by atoms with E-state index in [2.05, 4.69) is 17.2 Å². The molecule has 0 radical (unpaired) electrons. The van der Waals surface area contributed by atoms with Crippen molar-refractivity contribution < 1.29 is 14.6 Å². The van der Waals surface area contributed by atoms with Gasteiger partial charge >= 0.3 is 6.03 Å². The second kappa shape index (κ2) is 8.11. The fraction of sp³-hybridized carbons (Fsp3) is 0.769. The SMILES string of the molecule is C=C(C)COCCNC(=O)NC1CCCCC1O. The molecule has 0 spiro atoms. The van der Waals surface area contributed by atoms with E-state index >= 15 is 0 Å². The first-order valence-corrected chi connectivity index (χ1v) is 6.54. The van der Waals surface area contributed by atoms with E-state index in [9.17, 15) is 9.90 Å². The molecule has 18 heavy (non-hydrogen) atoms. The average Bonchev–Trinajstić information content (AvgIpc) is 2.31. The van der Waals surface area contributed by atoms with Crippen LogP contribution in [0.3, 0.4) is 0 Å². The third kappa shape index (κ3) is 6.02. The Morgan fingerprint density at radius 2 is 2.17 bits per heavy atom. The van der Waals surface area contributed by atoms with Gasteiger partial charge in [0.25, 0.3) is 0 Å². The van der Waals surface area contributed by atoms with Gasteiger partial charge in [-0.1, -0.05) is 25.0 Å². The van der Waals surface area contributed by atoms with Crippen molar-refractivity contribution in [3.05, 3.63) is 12.2 Å². The molecule has 0 aromatic rings. The Hall–Kier alpha value is -1.07. The molecule has 1 saturated carbocycles. The van der Waals surface area contributed by atoms with Crippen LogP contribution in [0, 0.1) is 0 Å². The van der Waals surface area contributed by atoms with Crippen molar-refractivity contribution in [3.63, 3.8) is 0 Å². The van der Waals surface area contributed by atoms with Crippen LogP contribution in [0.2, 0.25) is 0 Å². The lowest BCUT2D eigenvalue weighted by Gasteiger charge is -2.28. The zero-order valence-electron chi connectivity index (χ0n) is 11.1. The minimum absolute atomic E-state index is 0.116. The molecule has 3 N–H and O–H groups in total. The third-order valence-electron chi connectivity index (χ3n) is 2.93. The van der Waals surface area contributed by atoms with E-state index in [-0.39, 0.29) is 12.1 Å². The van der Waals surface area contributed by atoms with Gasteiger partial charge in [-0.15, -0.1) is 0 Å². The summed E-state index contributed by atoms with van der Waals surface area (Å²) in [5, 5.41) is 15.2. The quantitative estimate of drug-likeness (QED) is 0.494. The van der Waals surface area contributed by atoms with Crippen LogP contribution in [-0.4, -0.2) is 43.0 Å². The maximum absolute atomic E-state index is 11.5. The molecule has 0 aliphatic heterocycles. The summed E-state index contributed by atoms with van der Waals surface area (Å²) in [4.78, 5) is 11.5. The van der Waals surface area contributed by atoms with Crippen molar-refractivity contribution in [2.45, 2.75) is 44.8 Å². The summed E-state index contributed by atoms with van der Waals surface area (Å²) in [6.45, 7) is 7.06. The number of ether oxygens (including phenoxy) is 1. The second-order valence-electron chi connectivity index (χ2n) is 4.87. The highest BCUT2D eigenvalue weighted by Gasteiger charge is 2.24. The summed E-state index contributed by atoms with van der Waals surface area (Å²) in [7, 11) is 0. The molecule has 0 bridgehead atoms. The maximum atomic E-state index is 11.5. The molecule has 1 fully saturated rings. The molecule has 2 atom stereocenters. The van der Waals surface area contributed by atoms with Crippen molar-refractivity contribution in [1.82, 2.24) is 10.6 Å². The predicted molar refractivity (Wildman–Crippen MR) is 70.4 cm³/mol. The summed E-state index contributed by atoms with van der Waals surface area (Å²) in [6.07, 6.45) is 3.30. The lowest BCUT2D eigenvalue weighted by molar-refractivity contribution is 0.0938. The first-order valence-electron chi connectivity index (χ1n) is 6.54. The fourth-order valence-electron chi connectivity index (χ4n) is 1.98. The van der Waals surface area contributed by atoms with Gasteiger partial charge in [0.1, 0.15) is 0 Å². The molecule has 0 aromatic heterocycles. The molecule has 1 aliphatic carbocycles. The molecule has 0 aromatic carbocycles. The van der Waals surface area contributed by atoms with Crippen LogP contribution < -0.4 is 10.6 Å². The van der Waals surface area contributed by atoms with Crippen LogP contribution in [0.4, 0.5) is 4.79 Å². The minimum atomic E-state index is -0.413. The Morgan fingerprint density at radius 3 is 2.83 bits per heavy atom. The van der Waals surface area contributed by atoms with E-state index in [0.29, 0.717) is 19.8 Å². The highest BCUT2D eigenvalue weighted by Crippen LogP contribution is 2.17. The van der Waals surface area contributed by atoms with E-state index in [1.54, 1.807) is 0 Å². The number of aliphatic hydroxyl groups is 1. The van der Waals surface area contributed by atoms with Crippen LogP contribution in [0.25, 0.3) is 0 Å². The first-order chi connectivity index (χ1) is 8.59. The summed E-state index contributed by atoms with van der Waals surface area (Å²) in [5.74, 6) is 0. The maximum Gasteiger partial charge on any atom is 0.315 e.